The van der Waals surface area contributed by atoms with Gasteiger partial charge in [0.15, 0.2) is 0 Å². The van der Waals surface area contributed by atoms with Gasteiger partial charge in [0.1, 0.15) is 5.82 Å². The fraction of sp³-hybridized carbons (Fsp3) is 0.583. The zero-order chi connectivity index (χ0) is 18.7. The van der Waals surface area contributed by atoms with E-state index in [-0.39, 0.29) is 11.3 Å². The molecule has 0 atom stereocenters. The lowest BCUT2D eigenvalue weighted by Crippen LogP contribution is -2.51. The zero-order valence-corrected chi connectivity index (χ0v) is 16.5. The van der Waals surface area contributed by atoms with Gasteiger partial charge in [-0.2, -0.15) is 0 Å². The number of rotatable bonds is 3. The number of hydrogen-bond donors (Lipinski definition) is 1. The molecule has 4 fully saturated rings. The molecule has 28 heavy (non-hydrogen) atoms. The van der Waals surface area contributed by atoms with Crippen molar-refractivity contribution in [2.24, 2.45) is 23.2 Å². The predicted octanol–water partition coefficient (Wildman–Crippen LogP) is 5.04. The molecule has 4 heteroatoms. The van der Waals surface area contributed by atoms with Gasteiger partial charge in [0.05, 0.1) is 5.41 Å². The molecule has 0 radical (unpaired) electrons. The number of imidazole rings is 1. The van der Waals surface area contributed by atoms with Crippen molar-refractivity contribution in [1.29, 1.82) is 0 Å². The van der Waals surface area contributed by atoms with E-state index in [9.17, 15) is 4.79 Å². The van der Waals surface area contributed by atoms with Crippen LogP contribution in [0, 0.1) is 23.2 Å². The van der Waals surface area contributed by atoms with E-state index < -0.39 is 0 Å². The monoisotopic (exact) mass is 375 g/mol. The highest BCUT2D eigenvalue weighted by molar-refractivity contribution is 5.95. The SMILES string of the molecule is O=C(Nc1ccc(-c2ncc3n2CCCC3)cc1)C12CC3CC(CC(C3)C1)C2. The number of aromatic nitrogens is 2. The van der Waals surface area contributed by atoms with Crippen LogP contribution in [0.5, 0.6) is 0 Å². The van der Waals surface area contributed by atoms with E-state index >= 15 is 0 Å². The Labute approximate surface area is 166 Å². The number of carbonyl (C=O) groups excluding carboxylic acids is 1. The molecule has 2 aromatic rings. The van der Waals surface area contributed by atoms with Gasteiger partial charge in [0.2, 0.25) is 5.91 Å². The first-order valence-corrected chi connectivity index (χ1v) is 11.1. The van der Waals surface area contributed by atoms with Crippen molar-refractivity contribution in [3.05, 3.63) is 36.2 Å². The number of aryl methyl sites for hydroxylation is 1. The molecule has 1 aliphatic heterocycles. The summed E-state index contributed by atoms with van der Waals surface area (Å²) in [6.45, 7) is 1.06. The van der Waals surface area contributed by atoms with E-state index in [1.54, 1.807) is 0 Å². The van der Waals surface area contributed by atoms with Crippen LogP contribution in [0.1, 0.15) is 57.1 Å². The third-order valence-electron chi connectivity index (χ3n) is 7.92. The molecule has 1 aromatic heterocycles. The number of benzene rings is 1. The van der Waals surface area contributed by atoms with Crippen LogP contribution in [0.4, 0.5) is 5.69 Å². The molecular weight excluding hydrogens is 346 g/mol. The molecule has 0 spiro atoms. The predicted molar refractivity (Wildman–Crippen MR) is 110 cm³/mol. The van der Waals surface area contributed by atoms with Crippen molar-refractivity contribution < 1.29 is 4.79 Å². The minimum atomic E-state index is -0.0877. The normalized spacial score (nSPS) is 32.9. The highest BCUT2D eigenvalue weighted by atomic mass is 16.2. The van der Waals surface area contributed by atoms with Crippen molar-refractivity contribution in [3.63, 3.8) is 0 Å². The molecule has 1 N–H and O–H groups in total. The van der Waals surface area contributed by atoms with Gasteiger partial charge in [-0.1, -0.05) is 0 Å². The second kappa shape index (κ2) is 6.20. The first kappa shape index (κ1) is 16.8. The molecule has 4 aliphatic carbocycles. The topological polar surface area (TPSA) is 46.9 Å². The summed E-state index contributed by atoms with van der Waals surface area (Å²) in [5, 5.41) is 3.27. The van der Waals surface area contributed by atoms with Crippen molar-refractivity contribution in [2.75, 3.05) is 5.32 Å². The quantitative estimate of drug-likeness (QED) is 0.817. The van der Waals surface area contributed by atoms with Gasteiger partial charge in [-0.25, -0.2) is 4.98 Å². The Morgan fingerprint density at radius 1 is 1.00 bits per heavy atom. The van der Waals surface area contributed by atoms with Gasteiger partial charge in [-0.3, -0.25) is 4.79 Å². The number of nitrogens with one attached hydrogen (secondary N) is 1. The van der Waals surface area contributed by atoms with Gasteiger partial charge in [0, 0.05) is 29.7 Å². The van der Waals surface area contributed by atoms with Gasteiger partial charge < -0.3 is 9.88 Å². The van der Waals surface area contributed by atoms with E-state index in [0.29, 0.717) is 0 Å². The second-order valence-electron chi connectivity index (χ2n) is 9.91. The molecular formula is C24H29N3O. The maximum absolute atomic E-state index is 13.2. The van der Waals surface area contributed by atoms with E-state index in [2.05, 4.69) is 39.1 Å². The minimum absolute atomic E-state index is 0.0877. The largest absolute Gasteiger partial charge is 0.328 e. The lowest BCUT2D eigenvalue weighted by Gasteiger charge is -2.55. The van der Waals surface area contributed by atoms with Crippen molar-refractivity contribution in [2.45, 2.75) is 64.3 Å². The van der Waals surface area contributed by atoms with E-state index in [1.165, 1.54) is 37.8 Å². The number of nitrogens with zero attached hydrogens (tertiary/aromatic N) is 2. The van der Waals surface area contributed by atoms with Gasteiger partial charge in [0.25, 0.3) is 0 Å². The van der Waals surface area contributed by atoms with E-state index in [1.807, 2.05) is 6.20 Å². The Kier molecular flexibility index (Phi) is 3.72. The summed E-state index contributed by atoms with van der Waals surface area (Å²) >= 11 is 0. The maximum Gasteiger partial charge on any atom is 0.230 e. The number of hydrogen-bond acceptors (Lipinski definition) is 2. The standard InChI is InChI=1S/C24H29N3O/c28-23(24-12-16-9-17(13-24)11-18(10-16)14-24)26-20-6-4-19(5-7-20)22-25-15-21-3-1-2-8-27(21)22/h4-7,15-18H,1-3,8-14H2,(H,26,28). The van der Waals surface area contributed by atoms with Crippen molar-refractivity contribution in [1.82, 2.24) is 9.55 Å². The van der Waals surface area contributed by atoms with Crippen LogP contribution in [-0.2, 0) is 17.8 Å². The van der Waals surface area contributed by atoms with Crippen LogP contribution in [0.3, 0.4) is 0 Å². The number of amides is 1. The Morgan fingerprint density at radius 3 is 2.36 bits per heavy atom. The smallest absolute Gasteiger partial charge is 0.230 e. The average molecular weight is 376 g/mol. The van der Waals surface area contributed by atoms with Crippen LogP contribution >= 0.6 is 0 Å². The maximum atomic E-state index is 13.2. The van der Waals surface area contributed by atoms with Crippen LogP contribution in [0.25, 0.3) is 11.4 Å². The summed E-state index contributed by atoms with van der Waals surface area (Å²) in [6.07, 6.45) is 13.1. The number of anilines is 1. The van der Waals surface area contributed by atoms with Crippen molar-refractivity contribution >= 4 is 11.6 Å². The molecule has 4 bridgehead atoms. The minimum Gasteiger partial charge on any atom is -0.328 e. The Hall–Kier alpha value is -2.10. The third-order valence-corrected chi connectivity index (χ3v) is 7.92. The van der Waals surface area contributed by atoms with Gasteiger partial charge in [-0.05, 0) is 99.8 Å². The second-order valence-corrected chi connectivity index (χ2v) is 9.91. The highest BCUT2D eigenvalue weighted by Crippen LogP contribution is 2.60. The average Bonchev–Trinajstić information content (AvgIpc) is 3.12. The third kappa shape index (κ3) is 2.64. The molecule has 2 heterocycles. The summed E-state index contributed by atoms with van der Waals surface area (Å²) in [6, 6.07) is 8.33. The molecule has 1 amide bonds. The Balaban J connectivity index is 1.20. The number of carbonyl (C=O) groups is 1. The molecule has 146 valence electrons. The van der Waals surface area contributed by atoms with Crippen LogP contribution < -0.4 is 5.32 Å². The fourth-order valence-corrected chi connectivity index (χ4v) is 7.02. The Bertz CT molecular complexity index is 875. The first-order valence-electron chi connectivity index (χ1n) is 11.1. The first-order chi connectivity index (χ1) is 13.7. The Morgan fingerprint density at radius 2 is 1.68 bits per heavy atom. The number of fused-ring (bicyclic) bond motifs is 1. The van der Waals surface area contributed by atoms with Crippen LogP contribution in [0.2, 0.25) is 0 Å². The summed E-state index contributed by atoms with van der Waals surface area (Å²) in [4.78, 5) is 17.9. The van der Waals surface area contributed by atoms with Gasteiger partial charge in [-0.15, -0.1) is 0 Å². The molecule has 0 saturated heterocycles. The summed E-state index contributed by atoms with van der Waals surface area (Å²) in [5.41, 5.74) is 3.33. The van der Waals surface area contributed by atoms with E-state index in [0.717, 1.165) is 67.1 Å². The summed E-state index contributed by atoms with van der Waals surface area (Å²) in [7, 11) is 0. The van der Waals surface area contributed by atoms with Crippen molar-refractivity contribution in [3.8, 4) is 11.4 Å². The lowest BCUT2D eigenvalue weighted by atomic mass is 9.49. The fourth-order valence-electron chi connectivity index (χ4n) is 7.02. The summed E-state index contributed by atoms with van der Waals surface area (Å²) < 4.78 is 2.35. The molecule has 4 nitrogen and oxygen atoms in total. The molecule has 5 aliphatic rings. The highest BCUT2D eigenvalue weighted by Gasteiger charge is 2.54. The molecule has 4 saturated carbocycles. The van der Waals surface area contributed by atoms with Crippen LogP contribution in [0.15, 0.2) is 30.5 Å². The molecule has 7 rings (SSSR count). The summed E-state index contributed by atoms with van der Waals surface area (Å²) in [5.74, 6) is 3.73. The van der Waals surface area contributed by atoms with Gasteiger partial charge >= 0.3 is 0 Å². The zero-order valence-electron chi connectivity index (χ0n) is 16.5. The lowest BCUT2D eigenvalue weighted by molar-refractivity contribution is -0.140. The molecule has 0 unspecified atom stereocenters. The van der Waals surface area contributed by atoms with Crippen LogP contribution in [-0.4, -0.2) is 15.5 Å². The van der Waals surface area contributed by atoms with E-state index in [4.69, 9.17) is 0 Å². The molecule has 1 aromatic carbocycles.